The van der Waals surface area contributed by atoms with Crippen LogP contribution < -0.4 is 10.1 Å². The van der Waals surface area contributed by atoms with Crippen molar-refractivity contribution in [3.05, 3.63) is 16.3 Å². The number of aromatic nitrogens is 2. The van der Waals surface area contributed by atoms with Crippen LogP contribution in [0.5, 0.6) is 6.01 Å². The zero-order valence-corrected chi connectivity index (χ0v) is 12.2. The molecule has 0 spiro atoms. The third-order valence-electron chi connectivity index (χ3n) is 4.15. The molecule has 0 aromatic carbocycles. The highest BCUT2D eigenvalue weighted by Crippen LogP contribution is 2.33. The zero-order valence-electron chi connectivity index (χ0n) is 12.2. The van der Waals surface area contributed by atoms with Gasteiger partial charge in [0.25, 0.3) is 0 Å². The zero-order chi connectivity index (χ0) is 14.9. The summed E-state index contributed by atoms with van der Waals surface area (Å²) in [6.45, 7) is 8.08. The van der Waals surface area contributed by atoms with E-state index in [4.69, 9.17) is 4.74 Å². The molecule has 3 heterocycles. The average molecular weight is 295 g/mol. The third kappa shape index (κ3) is 3.16. The van der Waals surface area contributed by atoms with Gasteiger partial charge in [-0.3, -0.25) is 4.57 Å². The lowest BCUT2D eigenvalue weighted by molar-refractivity contribution is -0.389. The molecule has 3 rings (SSSR count). The number of hydrogen-bond donors (Lipinski definition) is 1. The van der Waals surface area contributed by atoms with E-state index in [0.29, 0.717) is 12.6 Å². The van der Waals surface area contributed by atoms with E-state index in [1.165, 1.54) is 6.20 Å². The van der Waals surface area contributed by atoms with Gasteiger partial charge in [0.2, 0.25) is 0 Å². The van der Waals surface area contributed by atoms with Crippen molar-refractivity contribution in [1.82, 2.24) is 19.8 Å². The van der Waals surface area contributed by atoms with Gasteiger partial charge in [0, 0.05) is 31.2 Å². The molecule has 0 saturated carbocycles. The number of piperazine rings is 1. The maximum atomic E-state index is 10.7. The van der Waals surface area contributed by atoms with Gasteiger partial charge in [-0.1, -0.05) is 0 Å². The molecular weight excluding hydrogens is 274 g/mol. The number of nitrogens with zero attached hydrogens (tertiary/aromatic N) is 4. The van der Waals surface area contributed by atoms with Gasteiger partial charge in [0.1, 0.15) is 11.8 Å². The van der Waals surface area contributed by atoms with E-state index in [1.807, 2.05) is 6.92 Å². The molecule has 8 nitrogen and oxygen atoms in total. The first-order valence-electron chi connectivity index (χ1n) is 7.39. The number of nitro groups is 1. The summed E-state index contributed by atoms with van der Waals surface area (Å²) in [6.07, 6.45) is 3.44. The van der Waals surface area contributed by atoms with Crippen molar-refractivity contribution in [2.75, 3.05) is 32.7 Å². The van der Waals surface area contributed by atoms with Crippen molar-refractivity contribution in [1.29, 1.82) is 0 Å². The fraction of sp³-hybridized carbons (Fsp3) is 0.769. The number of ether oxygens (including phenoxy) is 1. The molecule has 1 fully saturated rings. The lowest BCUT2D eigenvalue weighted by Crippen LogP contribution is -2.44. The summed E-state index contributed by atoms with van der Waals surface area (Å²) < 4.78 is 7.57. The highest BCUT2D eigenvalue weighted by atomic mass is 16.6. The van der Waals surface area contributed by atoms with Gasteiger partial charge in [-0.2, -0.15) is 0 Å². The lowest BCUT2D eigenvalue weighted by Gasteiger charge is -2.28. The molecule has 1 N–H and O–H groups in total. The van der Waals surface area contributed by atoms with E-state index in [0.717, 1.165) is 45.6 Å². The van der Waals surface area contributed by atoms with Crippen LogP contribution in [0.1, 0.15) is 19.8 Å². The fourth-order valence-electron chi connectivity index (χ4n) is 3.02. The number of fused-ring (bicyclic) bond motifs is 1. The Bertz CT molecular complexity index is 500. The van der Waals surface area contributed by atoms with Gasteiger partial charge in [0.15, 0.2) is 0 Å². The first-order chi connectivity index (χ1) is 10.1. The average Bonchev–Trinajstić information content (AvgIpc) is 2.95. The molecule has 0 amide bonds. The monoisotopic (exact) mass is 295 g/mol. The summed E-state index contributed by atoms with van der Waals surface area (Å²) in [6, 6.07) is 0.367. The molecule has 1 saturated heterocycles. The quantitative estimate of drug-likeness (QED) is 0.633. The van der Waals surface area contributed by atoms with Crippen molar-refractivity contribution >= 4 is 5.82 Å². The predicted molar refractivity (Wildman–Crippen MR) is 76.5 cm³/mol. The first kappa shape index (κ1) is 14.3. The summed E-state index contributed by atoms with van der Waals surface area (Å²) in [5, 5.41) is 14.0. The normalized spacial score (nSPS) is 25.6. The Morgan fingerprint density at radius 3 is 2.95 bits per heavy atom. The van der Waals surface area contributed by atoms with E-state index >= 15 is 0 Å². The lowest BCUT2D eigenvalue weighted by atomic mass is 10.00. The van der Waals surface area contributed by atoms with Crippen LogP contribution >= 0.6 is 0 Å². The molecule has 0 bridgehead atoms. The molecule has 1 unspecified atom stereocenters. The van der Waals surface area contributed by atoms with Gasteiger partial charge in [-0.25, -0.2) is 0 Å². The van der Waals surface area contributed by atoms with Gasteiger partial charge in [-0.15, -0.1) is 0 Å². The summed E-state index contributed by atoms with van der Waals surface area (Å²) in [5.74, 6) is -0.145. The SMILES string of the molecule is CC1(CCCN2CCNCC2)Cn2cc([N+](=O)[O-])nc2O1. The minimum atomic E-state index is -0.490. The van der Waals surface area contributed by atoms with E-state index in [9.17, 15) is 10.1 Å². The van der Waals surface area contributed by atoms with Crippen LogP contribution in [0.25, 0.3) is 0 Å². The molecule has 116 valence electrons. The Hall–Kier alpha value is -1.67. The van der Waals surface area contributed by atoms with Crippen molar-refractivity contribution in [3.63, 3.8) is 0 Å². The molecule has 0 radical (unpaired) electrons. The second kappa shape index (κ2) is 5.61. The van der Waals surface area contributed by atoms with Crippen LogP contribution in [0, 0.1) is 10.1 Å². The van der Waals surface area contributed by atoms with Crippen LogP contribution in [0.2, 0.25) is 0 Å². The minimum absolute atomic E-state index is 0.145. The van der Waals surface area contributed by atoms with Crippen LogP contribution in [0.15, 0.2) is 6.20 Å². The smallest absolute Gasteiger partial charge is 0.414 e. The minimum Gasteiger partial charge on any atom is -0.438 e. The molecule has 0 aliphatic carbocycles. The molecule has 2 aliphatic heterocycles. The summed E-state index contributed by atoms with van der Waals surface area (Å²) in [7, 11) is 0. The van der Waals surface area contributed by atoms with Gasteiger partial charge in [0.05, 0.1) is 6.54 Å². The highest BCUT2D eigenvalue weighted by Gasteiger charge is 2.39. The van der Waals surface area contributed by atoms with Crippen molar-refractivity contribution < 1.29 is 9.66 Å². The van der Waals surface area contributed by atoms with Crippen LogP contribution in [-0.4, -0.2) is 57.7 Å². The third-order valence-corrected chi connectivity index (χ3v) is 4.15. The van der Waals surface area contributed by atoms with Crippen molar-refractivity contribution in [2.45, 2.75) is 31.9 Å². The van der Waals surface area contributed by atoms with E-state index in [2.05, 4.69) is 15.2 Å². The Balaban J connectivity index is 1.50. The Morgan fingerprint density at radius 1 is 1.52 bits per heavy atom. The molecule has 1 atom stereocenters. The number of rotatable bonds is 5. The fourth-order valence-corrected chi connectivity index (χ4v) is 3.02. The molecular formula is C13H21N5O3. The second-order valence-electron chi connectivity index (χ2n) is 6.01. The number of imidazole rings is 1. The molecule has 2 aliphatic rings. The van der Waals surface area contributed by atoms with Crippen LogP contribution in [0.3, 0.4) is 0 Å². The molecule has 1 aromatic heterocycles. The Labute approximate surface area is 123 Å². The standard InChI is InChI=1S/C13H21N5O3/c1-13(3-2-6-16-7-4-14-5-8-16)10-17-9-11(18(19)20)15-12(17)21-13/h9,14H,2-8,10H2,1H3. The Kier molecular flexibility index (Phi) is 3.81. The largest absolute Gasteiger partial charge is 0.438 e. The van der Waals surface area contributed by atoms with Gasteiger partial charge < -0.3 is 25.1 Å². The maximum absolute atomic E-state index is 10.7. The highest BCUT2D eigenvalue weighted by molar-refractivity contribution is 5.23. The molecule has 8 heteroatoms. The van der Waals surface area contributed by atoms with Crippen LogP contribution in [-0.2, 0) is 6.54 Å². The van der Waals surface area contributed by atoms with Gasteiger partial charge >= 0.3 is 11.8 Å². The van der Waals surface area contributed by atoms with E-state index < -0.39 is 4.92 Å². The summed E-state index contributed by atoms with van der Waals surface area (Å²) in [5.41, 5.74) is -0.300. The maximum Gasteiger partial charge on any atom is 0.414 e. The van der Waals surface area contributed by atoms with E-state index in [-0.39, 0.29) is 11.4 Å². The summed E-state index contributed by atoms with van der Waals surface area (Å²) in [4.78, 5) is 16.6. The first-order valence-corrected chi connectivity index (χ1v) is 7.39. The summed E-state index contributed by atoms with van der Waals surface area (Å²) >= 11 is 0. The van der Waals surface area contributed by atoms with Crippen LogP contribution in [0.4, 0.5) is 5.82 Å². The predicted octanol–water partition coefficient (Wildman–Crippen LogP) is 0.628. The van der Waals surface area contributed by atoms with Crippen molar-refractivity contribution in [2.24, 2.45) is 0 Å². The molecule has 1 aromatic rings. The van der Waals surface area contributed by atoms with Gasteiger partial charge in [-0.05, 0) is 31.2 Å². The van der Waals surface area contributed by atoms with E-state index in [1.54, 1.807) is 4.57 Å². The Morgan fingerprint density at radius 2 is 2.29 bits per heavy atom. The molecule has 21 heavy (non-hydrogen) atoms. The second-order valence-corrected chi connectivity index (χ2v) is 6.01. The number of hydrogen-bond acceptors (Lipinski definition) is 6. The topological polar surface area (TPSA) is 85.5 Å². The van der Waals surface area contributed by atoms with Crippen molar-refractivity contribution in [3.8, 4) is 6.01 Å². The number of nitrogens with one attached hydrogen (secondary N) is 1.